The maximum Gasteiger partial charge on any atom is 0.00951 e. The Kier molecular flexibility index (Phi) is 7.72. The third kappa shape index (κ3) is 5.18. The molecule has 0 saturated carbocycles. The summed E-state index contributed by atoms with van der Waals surface area (Å²) in [6.07, 6.45) is 9.79. The molecular formula is C14H28BrN. The molecular weight excluding hydrogens is 262 g/mol. The summed E-state index contributed by atoms with van der Waals surface area (Å²) >= 11 is 3.54. The van der Waals surface area contributed by atoms with Crippen molar-refractivity contribution in [3.63, 3.8) is 0 Å². The lowest BCUT2D eigenvalue weighted by atomic mass is 9.96. The van der Waals surface area contributed by atoms with Gasteiger partial charge in [0.25, 0.3) is 0 Å². The van der Waals surface area contributed by atoms with E-state index in [0.29, 0.717) is 0 Å². The van der Waals surface area contributed by atoms with E-state index in [-0.39, 0.29) is 0 Å². The lowest BCUT2D eigenvalue weighted by Gasteiger charge is -2.36. The second-order valence-electron chi connectivity index (χ2n) is 5.35. The van der Waals surface area contributed by atoms with Gasteiger partial charge in [-0.15, -0.1) is 0 Å². The minimum absolute atomic E-state index is 0.878. The molecule has 0 radical (unpaired) electrons. The van der Waals surface area contributed by atoms with Crippen LogP contribution >= 0.6 is 15.9 Å². The molecule has 1 aliphatic rings. The van der Waals surface area contributed by atoms with E-state index >= 15 is 0 Å². The van der Waals surface area contributed by atoms with Gasteiger partial charge in [-0.1, -0.05) is 42.6 Å². The standard InChI is InChI=1S/C14H28BrN/c1-3-6-14-7-4-5-11-16(14)12-9-13(2)8-10-15/h13-14H,3-12H2,1-2H3. The van der Waals surface area contributed by atoms with Crippen LogP contribution in [0.25, 0.3) is 0 Å². The molecule has 0 aromatic rings. The average Bonchev–Trinajstić information content (AvgIpc) is 2.29. The van der Waals surface area contributed by atoms with E-state index < -0.39 is 0 Å². The zero-order valence-corrected chi connectivity index (χ0v) is 12.6. The van der Waals surface area contributed by atoms with Gasteiger partial charge in [-0.2, -0.15) is 0 Å². The number of halogens is 1. The summed E-state index contributed by atoms with van der Waals surface area (Å²) in [6.45, 7) is 7.39. The molecule has 1 nitrogen and oxygen atoms in total. The van der Waals surface area contributed by atoms with E-state index in [4.69, 9.17) is 0 Å². The Morgan fingerprint density at radius 3 is 2.81 bits per heavy atom. The number of likely N-dealkylation sites (tertiary alicyclic amines) is 1. The van der Waals surface area contributed by atoms with Crippen molar-refractivity contribution in [2.24, 2.45) is 5.92 Å². The van der Waals surface area contributed by atoms with Crippen molar-refractivity contribution in [3.8, 4) is 0 Å². The van der Waals surface area contributed by atoms with Crippen LogP contribution in [0.1, 0.15) is 58.8 Å². The van der Waals surface area contributed by atoms with Crippen molar-refractivity contribution < 1.29 is 0 Å². The van der Waals surface area contributed by atoms with Gasteiger partial charge in [0.1, 0.15) is 0 Å². The molecule has 0 aromatic carbocycles. The first-order valence-electron chi connectivity index (χ1n) is 7.08. The number of hydrogen-bond donors (Lipinski definition) is 0. The van der Waals surface area contributed by atoms with Crippen LogP contribution in [0.5, 0.6) is 0 Å². The maximum atomic E-state index is 3.54. The van der Waals surface area contributed by atoms with Crippen LogP contribution in [0.4, 0.5) is 0 Å². The van der Waals surface area contributed by atoms with Crippen LogP contribution in [-0.4, -0.2) is 29.4 Å². The van der Waals surface area contributed by atoms with E-state index in [2.05, 4.69) is 34.7 Å². The number of piperidine rings is 1. The molecule has 0 spiro atoms. The van der Waals surface area contributed by atoms with Gasteiger partial charge in [0.2, 0.25) is 0 Å². The second kappa shape index (κ2) is 8.52. The minimum atomic E-state index is 0.878. The molecule has 96 valence electrons. The van der Waals surface area contributed by atoms with Gasteiger partial charge < -0.3 is 4.90 Å². The predicted molar refractivity (Wildman–Crippen MR) is 76.3 cm³/mol. The molecule has 1 saturated heterocycles. The topological polar surface area (TPSA) is 3.24 Å². The van der Waals surface area contributed by atoms with Gasteiger partial charge >= 0.3 is 0 Å². The summed E-state index contributed by atoms with van der Waals surface area (Å²) in [5, 5.41) is 1.16. The van der Waals surface area contributed by atoms with Crippen LogP contribution in [-0.2, 0) is 0 Å². The van der Waals surface area contributed by atoms with E-state index in [9.17, 15) is 0 Å². The molecule has 2 atom stereocenters. The Balaban J connectivity index is 2.26. The van der Waals surface area contributed by atoms with Gasteiger partial charge in [0, 0.05) is 11.4 Å². The Labute approximate surface area is 110 Å². The molecule has 1 aliphatic heterocycles. The maximum absolute atomic E-state index is 3.54. The Morgan fingerprint density at radius 1 is 1.31 bits per heavy atom. The summed E-state index contributed by atoms with van der Waals surface area (Å²) in [5.41, 5.74) is 0. The second-order valence-corrected chi connectivity index (χ2v) is 6.14. The van der Waals surface area contributed by atoms with Crippen molar-refractivity contribution in [2.45, 2.75) is 64.8 Å². The smallest absolute Gasteiger partial charge is 0.00951 e. The number of rotatable bonds is 7. The molecule has 0 N–H and O–H groups in total. The Hall–Kier alpha value is 0.440. The highest BCUT2D eigenvalue weighted by Gasteiger charge is 2.21. The minimum Gasteiger partial charge on any atom is -0.300 e. The van der Waals surface area contributed by atoms with Gasteiger partial charge in [-0.25, -0.2) is 0 Å². The van der Waals surface area contributed by atoms with Crippen molar-refractivity contribution in [1.29, 1.82) is 0 Å². The molecule has 16 heavy (non-hydrogen) atoms. The molecule has 1 fully saturated rings. The lowest BCUT2D eigenvalue weighted by Crippen LogP contribution is -2.40. The van der Waals surface area contributed by atoms with Gasteiger partial charge in [-0.3, -0.25) is 0 Å². The monoisotopic (exact) mass is 289 g/mol. The summed E-state index contributed by atoms with van der Waals surface area (Å²) < 4.78 is 0. The van der Waals surface area contributed by atoms with Crippen LogP contribution in [0.3, 0.4) is 0 Å². The van der Waals surface area contributed by atoms with Crippen LogP contribution < -0.4 is 0 Å². The van der Waals surface area contributed by atoms with Crippen LogP contribution in [0.2, 0.25) is 0 Å². The van der Waals surface area contributed by atoms with E-state index in [1.807, 2.05) is 0 Å². The first-order valence-corrected chi connectivity index (χ1v) is 8.20. The zero-order chi connectivity index (χ0) is 11.8. The van der Waals surface area contributed by atoms with E-state index in [0.717, 1.165) is 17.3 Å². The highest BCUT2D eigenvalue weighted by molar-refractivity contribution is 9.09. The van der Waals surface area contributed by atoms with Gasteiger partial charge in [0.15, 0.2) is 0 Å². The van der Waals surface area contributed by atoms with Crippen molar-refractivity contribution in [2.75, 3.05) is 18.4 Å². The number of alkyl halides is 1. The fraction of sp³-hybridized carbons (Fsp3) is 1.00. The van der Waals surface area contributed by atoms with Crippen LogP contribution in [0.15, 0.2) is 0 Å². The normalized spacial score (nSPS) is 24.6. The van der Waals surface area contributed by atoms with Gasteiger partial charge in [-0.05, 0) is 51.1 Å². The number of hydrogen-bond acceptors (Lipinski definition) is 1. The first-order chi connectivity index (χ1) is 7.77. The average molecular weight is 290 g/mol. The summed E-state index contributed by atoms with van der Waals surface area (Å²) in [7, 11) is 0. The summed E-state index contributed by atoms with van der Waals surface area (Å²) in [5.74, 6) is 0.878. The molecule has 1 heterocycles. The van der Waals surface area contributed by atoms with E-state index in [1.54, 1.807) is 0 Å². The van der Waals surface area contributed by atoms with Gasteiger partial charge in [0.05, 0.1) is 0 Å². The molecule has 0 aliphatic carbocycles. The highest BCUT2D eigenvalue weighted by Crippen LogP contribution is 2.22. The fourth-order valence-corrected chi connectivity index (χ4v) is 3.51. The predicted octanol–water partition coefficient (Wildman–Crippen LogP) is 4.45. The molecule has 0 bridgehead atoms. The zero-order valence-electron chi connectivity index (χ0n) is 11.1. The lowest BCUT2D eigenvalue weighted by molar-refractivity contribution is 0.131. The summed E-state index contributed by atoms with van der Waals surface area (Å²) in [6, 6.07) is 0.898. The highest BCUT2D eigenvalue weighted by atomic mass is 79.9. The third-order valence-electron chi connectivity index (χ3n) is 3.88. The largest absolute Gasteiger partial charge is 0.300 e. The van der Waals surface area contributed by atoms with Crippen LogP contribution in [0, 0.1) is 5.92 Å². The SMILES string of the molecule is CCCC1CCCCN1CCC(C)CCBr. The molecule has 0 amide bonds. The molecule has 0 aromatic heterocycles. The molecule has 1 rings (SSSR count). The fourth-order valence-electron chi connectivity index (χ4n) is 2.73. The molecule has 2 heteroatoms. The first kappa shape index (κ1) is 14.5. The van der Waals surface area contributed by atoms with Crippen molar-refractivity contribution in [3.05, 3.63) is 0 Å². The van der Waals surface area contributed by atoms with Crippen molar-refractivity contribution in [1.82, 2.24) is 4.90 Å². The van der Waals surface area contributed by atoms with Crippen molar-refractivity contribution >= 4 is 15.9 Å². The quantitative estimate of drug-likeness (QED) is 0.626. The molecule has 2 unspecified atom stereocenters. The summed E-state index contributed by atoms with van der Waals surface area (Å²) in [4.78, 5) is 2.76. The van der Waals surface area contributed by atoms with E-state index in [1.165, 1.54) is 58.0 Å². The Bertz CT molecular complexity index is 170. The third-order valence-corrected chi connectivity index (χ3v) is 4.34. The Morgan fingerprint density at radius 2 is 2.12 bits per heavy atom. The number of nitrogens with zero attached hydrogens (tertiary/aromatic N) is 1.